The Bertz CT molecular complexity index is 2830. The smallest absolute Gasteiger partial charge is 0.226 e. The first-order valence-corrected chi connectivity index (χ1v) is 21.0. The van der Waals surface area contributed by atoms with E-state index in [0.29, 0.717) is 12.1 Å². The summed E-state index contributed by atoms with van der Waals surface area (Å²) in [6.07, 6.45) is 6.03. The van der Waals surface area contributed by atoms with Crippen LogP contribution in [0.15, 0.2) is 145 Å². The van der Waals surface area contributed by atoms with Crippen molar-refractivity contribution in [3.63, 3.8) is 0 Å². The van der Waals surface area contributed by atoms with Crippen LogP contribution >= 0.6 is 0 Å². The van der Waals surface area contributed by atoms with Crippen molar-refractivity contribution >= 4 is 5.78 Å². The molecule has 10 rings (SSSR count). The number of carbonyl (C=O) groups is 1. The van der Waals surface area contributed by atoms with Crippen molar-refractivity contribution in [1.29, 1.82) is 0 Å². The maximum absolute atomic E-state index is 12.9. The highest BCUT2D eigenvalue weighted by Crippen LogP contribution is 2.57. The predicted octanol–water partition coefficient (Wildman–Crippen LogP) is 15.1. The largest absolute Gasteiger partial charge is 0.523 e. The minimum atomic E-state index is -0.563. The van der Waals surface area contributed by atoms with Gasteiger partial charge in [-0.3, -0.25) is 0 Å². The number of aryl methyl sites for hydroxylation is 2. The Morgan fingerprint density at radius 2 is 1.16 bits per heavy atom. The molecule has 4 aliphatic carbocycles. The summed E-state index contributed by atoms with van der Waals surface area (Å²) in [4.78, 5) is 30.5. The van der Waals surface area contributed by atoms with Gasteiger partial charge in [-0.2, -0.15) is 0 Å². The van der Waals surface area contributed by atoms with Gasteiger partial charge in [-0.25, -0.2) is 19.7 Å². The molecule has 0 bridgehead atoms. The number of hydrogen-bond acceptors (Lipinski definition) is 4. The van der Waals surface area contributed by atoms with E-state index in [1.165, 1.54) is 17.0 Å². The van der Waals surface area contributed by atoms with Crippen LogP contribution in [-0.4, -0.2) is 30.0 Å². The molecule has 2 heterocycles. The lowest BCUT2D eigenvalue weighted by molar-refractivity contribution is -0.121. The van der Waals surface area contributed by atoms with E-state index in [0.717, 1.165) is 65.7 Å². The Morgan fingerprint density at radius 1 is 0.689 bits per heavy atom. The third-order valence-electron chi connectivity index (χ3n) is 13.9. The number of Topliss-reactive ketones (excluding diaryl/α,β-unsaturated/α-hetero) is 1. The summed E-state index contributed by atoms with van der Waals surface area (Å²) in [6.45, 7) is 23.5. The highest BCUT2D eigenvalue weighted by Gasteiger charge is 2.55. The Morgan fingerprint density at radius 3 is 1.69 bits per heavy atom. The number of imidazole rings is 2. The fourth-order valence-electron chi connectivity index (χ4n) is 11.3. The standard InChI is InChI=1S/C26H25N3O.C26H23N3O.CH4.15H2/c2*1-17-21-14-15-23-25(28-18(2)29(23)20-12-8-5-9-13-20)26(21,16-22(27-3)24(17)30)19-10-6-4-7-11-19;;;;;;;;;;;;;;;;/h4-13,17,21,30H,14-16H2,1-2H3;4-13,16-17,21H,14-15H2,1-2H3;1H4;15*1H/t2*17-,21-,26+;;;;;;;;;;;;;;;;/m00................/s1/i;;;14*1+2T;1+2. The van der Waals surface area contributed by atoms with Crippen LogP contribution in [0.5, 0.6) is 0 Å². The second-order valence-electron chi connectivity index (χ2n) is 16.8. The molecule has 0 saturated carbocycles. The average Bonchev–Trinajstić information content (AvgIpc) is 1.58. The van der Waals surface area contributed by atoms with Crippen LogP contribution in [-0.2, 0) is 28.5 Å². The van der Waals surface area contributed by atoms with Crippen LogP contribution in [0.1, 0.15) is 129 Å². The van der Waals surface area contributed by atoms with Crippen LogP contribution in [0.2, 0.25) is 0 Å². The second-order valence-corrected chi connectivity index (χ2v) is 16.8. The van der Waals surface area contributed by atoms with Gasteiger partial charge < -0.3 is 19.0 Å². The summed E-state index contributed by atoms with van der Waals surface area (Å²) in [6, 6.07) is 41.5. The highest BCUT2D eigenvalue weighted by atomic mass is 16.3. The molecule has 0 fully saturated rings. The van der Waals surface area contributed by atoms with Crippen LogP contribution in [0.25, 0.3) is 21.1 Å². The minimum absolute atomic E-state index is 0. The molecule has 1 N–H and O–H groups in total. The van der Waals surface area contributed by atoms with Gasteiger partial charge in [0.05, 0.1) is 35.7 Å². The molecule has 8 heteroatoms. The zero-order chi connectivity index (χ0) is 69.8. The Kier molecular flexibility index (Phi) is 7.13. The van der Waals surface area contributed by atoms with Gasteiger partial charge in [-0.1, -0.05) is 124 Å². The van der Waals surface area contributed by atoms with Gasteiger partial charge in [0.15, 0.2) is 5.78 Å². The van der Waals surface area contributed by atoms with E-state index >= 15 is 0 Å². The van der Waals surface area contributed by atoms with Gasteiger partial charge in [-0.15, -0.1) is 0 Å². The minimum Gasteiger partial charge on any atom is -0.523 e. The first-order chi connectivity index (χ1) is 43.1. The first-order valence-electron chi connectivity index (χ1n) is 35.0. The van der Waals surface area contributed by atoms with Gasteiger partial charge in [-0.05, 0) is 93.2 Å². The van der Waals surface area contributed by atoms with E-state index in [-0.39, 0.29) is 49.8 Å². The summed E-state index contributed by atoms with van der Waals surface area (Å²) in [5.41, 5.74) is 8.75. The second kappa shape index (κ2) is 16.0. The number of fused-ring (bicyclic) bond motifs is 6. The number of allylic oxidation sites excluding steroid dienone is 4. The molecular formula is C53H82N6O2. The molecule has 336 valence electrons. The lowest BCUT2D eigenvalue weighted by Crippen LogP contribution is -2.48. The topological polar surface area (TPSA) is 81.7 Å². The van der Waals surface area contributed by atoms with E-state index in [9.17, 15) is 9.90 Å². The number of ketones is 1. The molecule has 8 nitrogen and oxygen atoms in total. The van der Waals surface area contributed by atoms with Gasteiger partial charge in [0, 0.05) is 83.0 Å². The number of carbonyl (C=O) groups excluding carboxylic acids is 1. The third-order valence-corrected chi connectivity index (χ3v) is 13.9. The van der Waals surface area contributed by atoms with E-state index in [1.807, 2.05) is 68.5 Å². The van der Waals surface area contributed by atoms with Gasteiger partial charge in [0.2, 0.25) is 11.4 Å². The molecule has 4 aliphatic rings. The lowest BCUT2D eigenvalue weighted by Gasteiger charge is -2.49. The Labute approximate surface area is 404 Å². The average molecular weight is 894 g/mol. The normalized spacial score (nSPS) is 26.7. The number of aromatic nitrogens is 4. The van der Waals surface area contributed by atoms with Crippen LogP contribution in [0.4, 0.5) is 0 Å². The van der Waals surface area contributed by atoms with Crippen molar-refractivity contribution in [3.05, 3.63) is 213 Å². The maximum atomic E-state index is 12.9. The van der Waals surface area contributed by atoms with Crippen molar-refractivity contribution in [2.45, 2.75) is 78.1 Å². The van der Waals surface area contributed by atoms with Gasteiger partial charge in [0.25, 0.3) is 0 Å². The van der Waals surface area contributed by atoms with Crippen molar-refractivity contribution in [2.24, 2.45) is 23.7 Å². The van der Waals surface area contributed by atoms with Crippen molar-refractivity contribution in [3.8, 4) is 11.4 Å². The predicted molar refractivity (Wildman–Crippen MR) is 272 cm³/mol. The first kappa shape index (κ1) is 27.2. The molecule has 0 unspecified atom stereocenters. The zero-order valence-electron chi connectivity index (χ0n) is 62.5. The number of hydrogen-bond donors (Lipinski definition) is 1. The SMILES string of the molecule is C.[3HH].[3H][3H].[3H][3H].[3H][3H].[3H][3H].[3H][3H].[3H][3H].[3H][3H].[3H][3H].[3H][3H].[3H][3H].[3H][3H].[3H][3H].[3H][3H].[3H][3H].[C-]#[N+]C1=C(O)[C@@H](C)[C@@H]2CCc3c(nc(C)n3-c3ccccc3)[C@@]2(c2ccccc2)C1.[C-]#[N+]C1=C[C@]2(c3ccccc3)c3nc(C)n(-c4ccccc4)c3CC[C@H]2[C@H](C)C1=O. The van der Waals surface area contributed by atoms with E-state index in [2.05, 4.69) is 105 Å². The fourth-order valence-corrected chi connectivity index (χ4v) is 11.3. The number of rotatable bonds is 4. The molecule has 61 heavy (non-hydrogen) atoms. The number of benzene rings is 4. The summed E-state index contributed by atoms with van der Waals surface area (Å²) in [5, 5.41) is 10.8. The van der Waals surface area contributed by atoms with Gasteiger partial charge in [0.1, 0.15) is 11.6 Å². The molecule has 2 aromatic heterocycles. The Hall–Kier alpha value is -6.77. The quantitative estimate of drug-likeness (QED) is 0.179. The molecule has 6 aromatic rings. The van der Waals surface area contributed by atoms with Crippen LogP contribution < -0.4 is 0 Å². The molecule has 0 spiro atoms. The van der Waals surface area contributed by atoms with Crippen LogP contribution in [0.3, 0.4) is 0 Å². The summed E-state index contributed by atoms with van der Waals surface area (Å²) >= 11 is 0. The fraction of sp³-hybridized carbons (Fsp3) is 0.302. The third kappa shape index (κ3) is 6.27. The molecule has 0 radical (unpaired) electrons. The number of nitrogens with zero attached hydrogens (tertiary/aromatic N) is 6. The Balaban J connectivity index is -0.000000177. The number of para-hydroxylation sites is 2. The van der Waals surface area contributed by atoms with E-state index < -0.39 is 10.8 Å². The van der Waals surface area contributed by atoms with Crippen molar-refractivity contribution in [2.75, 3.05) is 0 Å². The molecule has 0 saturated heterocycles. The summed E-state index contributed by atoms with van der Waals surface area (Å²) in [7, 11) is 0. The molecular weight excluding hydrogens is 753 g/mol. The molecule has 0 amide bonds. The number of aliphatic hydroxyl groups excluding tert-OH is 1. The monoisotopic (exact) mass is 893 g/mol. The van der Waals surface area contributed by atoms with Crippen molar-refractivity contribution < 1.29 is 52.9 Å². The molecule has 6 atom stereocenters. The van der Waals surface area contributed by atoms with Crippen molar-refractivity contribution in [1.82, 2.24) is 19.1 Å². The molecule has 4 aromatic carbocycles. The van der Waals surface area contributed by atoms with E-state index in [4.69, 9.17) is 64.7 Å². The van der Waals surface area contributed by atoms with E-state index in [1.54, 1.807) is 0 Å². The van der Waals surface area contributed by atoms with Gasteiger partial charge >= 0.3 is 0 Å². The zero-order valence-corrected chi connectivity index (χ0v) is 34.5. The summed E-state index contributed by atoms with van der Waals surface area (Å²) < 4.78 is 145. The lowest BCUT2D eigenvalue weighted by atomic mass is 9.54. The highest BCUT2D eigenvalue weighted by molar-refractivity contribution is 6.00. The number of aliphatic hydroxyl groups is 1. The maximum Gasteiger partial charge on any atom is 0.226 e. The summed E-state index contributed by atoms with van der Waals surface area (Å²) in [5.74, 6) is 2.14. The van der Waals surface area contributed by atoms with Crippen LogP contribution in [0, 0.1) is 50.7 Å². The molecule has 0 aliphatic heterocycles.